The monoisotopic (exact) mass is 257 g/mol. The average molecular weight is 257 g/mol. The molecule has 0 aromatic carbocycles. The number of hydrogen-bond donors (Lipinski definition) is 1. The first-order chi connectivity index (χ1) is 8.40. The van der Waals surface area contributed by atoms with Crippen molar-refractivity contribution in [2.45, 2.75) is 25.3 Å². The maximum atomic E-state index is 12.4. The van der Waals surface area contributed by atoms with Crippen molar-refractivity contribution in [1.82, 2.24) is 9.80 Å². The molecule has 2 amide bonds. The van der Waals surface area contributed by atoms with E-state index < -0.39 is 5.54 Å². The first-order valence-electron chi connectivity index (χ1n) is 6.27. The van der Waals surface area contributed by atoms with Crippen LogP contribution < -0.4 is 5.73 Å². The third kappa shape index (κ3) is 3.43. The SMILES string of the molecule is CCCN(CC(=O)N(C)C)C(=O)C1(N)CCOC1. The van der Waals surface area contributed by atoms with E-state index in [2.05, 4.69) is 0 Å². The van der Waals surface area contributed by atoms with Crippen LogP contribution in [-0.4, -0.2) is 67.6 Å². The number of nitrogens with zero attached hydrogens (tertiary/aromatic N) is 2. The van der Waals surface area contributed by atoms with Crippen LogP contribution in [0.25, 0.3) is 0 Å². The predicted molar refractivity (Wildman–Crippen MR) is 67.9 cm³/mol. The molecule has 1 heterocycles. The van der Waals surface area contributed by atoms with Gasteiger partial charge in [-0.15, -0.1) is 0 Å². The van der Waals surface area contributed by atoms with Crippen LogP contribution in [0.3, 0.4) is 0 Å². The molecule has 104 valence electrons. The van der Waals surface area contributed by atoms with Crippen LogP contribution in [0.4, 0.5) is 0 Å². The van der Waals surface area contributed by atoms with Crippen molar-refractivity contribution in [2.75, 3.05) is 40.4 Å². The first-order valence-corrected chi connectivity index (χ1v) is 6.27. The lowest BCUT2D eigenvalue weighted by Gasteiger charge is -2.30. The topological polar surface area (TPSA) is 75.9 Å². The van der Waals surface area contributed by atoms with Gasteiger partial charge in [-0.3, -0.25) is 9.59 Å². The normalized spacial score (nSPS) is 22.9. The lowest BCUT2D eigenvalue weighted by atomic mass is 9.98. The molecule has 2 N–H and O–H groups in total. The molecule has 0 spiro atoms. The Hall–Kier alpha value is -1.14. The van der Waals surface area contributed by atoms with Gasteiger partial charge < -0.3 is 20.3 Å². The minimum atomic E-state index is -0.957. The van der Waals surface area contributed by atoms with Gasteiger partial charge in [-0.2, -0.15) is 0 Å². The minimum Gasteiger partial charge on any atom is -0.379 e. The Morgan fingerprint density at radius 3 is 2.50 bits per heavy atom. The molecule has 18 heavy (non-hydrogen) atoms. The number of hydrogen-bond acceptors (Lipinski definition) is 4. The fourth-order valence-corrected chi connectivity index (χ4v) is 1.89. The van der Waals surface area contributed by atoms with Crippen LogP contribution in [0, 0.1) is 0 Å². The summed E-state index contributed by atoms with van der Waals surface area (Å²) in [5.74, 6) is -0.281. The standard InChI is InChI=1S/C12H23N3O3/c1-4-6-15(8-10(16)14(2)3)11(17)12(13)5-7-18-9-12/h4-9,13H2,1-3H3. The number of rotatable bonds is 5. The van der Waals surface area contributed by atoms with Crippen molar-refractivity contribution < 1.29 is 14.3 Å². The fraction of sp³-hybridized carbons (Fsp3) is 0.833. The number of likely N-dealkylation sites (N-methyl/N-ethyl adjacent to an activating group) is 1. The van der Waals surface area contributed by atoms with Gasteiger partial charge in [0, 0.05) is 27.2 Å². The van der Waals surface area contributed by atoms with Gasteiger partial charge in [-0.1, -0.05) is 6.92 Å². The van der Waals surface area contributed by atoms with Crippen molar-refractivity contribution in [3.63, 3.8) is 0 Å². The van der Waals surface area contributed by atoms with Gasteiger partial charge in [-0.05, 0) is 12.8 Å². The maximum absolute atomic E-state index is 12.4. The summed E-state index contributed by atoms with van der Waals surface area (Å²) in [4.78, 5) is 27.1. The Kier molecular flexibility index (Phi) is 5.10. The summed E-state index contributed by atoms with van der Waals surface area (Å²) in [6.07, 6.45) is 1.31. The number of amides is 2. The Morgan fingerprint density at radius 1 is 1.39 bits per heavy atom. The number of carbonyl (C=O) groups excluding carboxylic acids is 2. The summed E-state index contributed by atoms with van der Waals surface area (Å²) < 4.78 is 5.19. The molecular weight excluding hydrogens is 234 g/mol. The van der Waals surface area contributed by atoms with E-state index in [1.54, 1.807) is 14.1 Å². The van der Waals surface area contributed by atoms with Crippen LogP contribution in [0.2, 0.25) is 0 Å². The Bertz CT molecular complexity index is 312. The summed E-state index contributed by atoms with van der Waals surface area (Å²) in [7, 11) is 3.35. The summed E-state index contributed by atoms with van der Waals surface area (Å²) >= 11 is 0. The van der Waals surface area contributed by atoms with Gasteiger partial charge in [0.15, 0.2) is 0 Å². The van der Waals surface area contributed by atoms with Crippen LogP contribution in [-0.2, 0) is 14.3 Å². The smallest absolute Gasteiger partial charge is 0.245 e. The zero-order chi connectivity index (χ0) is 13.8. The highest BCUT2D eigenvalue weighted by molar-refractivity contribution is 5.90. The minimum absolute atomic E-state index is 0.0820. The molecule has 1 rings (SSSR count). The lowest BCUT2D eigenvalue weighted by Crippen LogP contribution is -2.57. The third-order valence-electron chi connectivity index (χ3n) is 3.08. The highest BCUT2D eigenvalue weighted by Gasteiger charge is 2.41. The molecule has 1 fully saturated rings. The zero-order valence-corrected chi connectivity index (χ0v) is 11.4. The molecule has 1 unspecified atom stereocenters. The molecule has 0 bridgehead atoms. The number of nitrogens with two attached hydrogens (primary N) is 1. The number of carbonyl (C=O) groups is 2. The second-order valence-electron chi connectivity index (χ2n) is 4.97. The molecule has 0 aliphatic carbocycles. The third-order valence-corrected chi connectivity index (χ3v) is 3.08. The van der Waals surface area contributed by atoms with Crippen molar-refractivity contribution in [3.05, 3.63) is 0 Å². The van der Waals surface area contributed by atoms with E-state index in [1.165, 1.54) is 9.80 Å². The zero-order valence-electron chi connectivity index (χ0n) is 11.4. The largest absolute Gasteiger partial charge is 0.379 e. The van der Waals surface area contributed by atoms with Crippen molar-refractivity contribution in [2.24, 2.45) is 5.73 Å². The predicted octanol–water partition coefficient (Wildman–Crippen LogP) is -0.569. The van der Waals surface area contributed by atoms with Crippen molar-refractivity contribution in [3.8, 4) is 0 Å². The summed E-state index contributed by atoms with van der Waals surface area (Å²) in [6.45, 7) is 3.33. The fourth-order valence-electron chi connectivity index (χ4n) is 1.89. The van der Waals surface area contributed by atoms with Crippen LogP contribution in [0.15, 0.2) is 0 Å². The molecule has 1 atom stereocenters. The molecule has 6 nitrogen and oxygen atoms in total. The van der Waals surface area contributed by atoms with E-state index in [4.69, 9.17) is 10.5 Å². The van der Waals surface area contributed by atoms with Gasteiger partial charge >= 0.3 is 0 Å². The molecule has 1 aliphatic heterocycles. The highest BCUT2D eigenvalue weighted by atomic mass is 16.5. The van der Waals surface area contributed by atoms with Crippen molar-refractivity contribution in [1.29, 1.82) is 0 Å². The summed E-state index contributed by atoms with van der Waals surface area (Å²) in [5.41, 5.74) is 5.09. The van der Waals surface area contributed by atoms with Crippen molar-refractivity contribution >= 4 is 11.8 Å². The molecule has 0 saturated carbocycles. The van der Waals surface area contributed by atoms with E-state index in [-0.39, 0.29) is 25.0 Å². The van der Waals surface area contributed by atoms with Gasteiger partial charge in [0.1, 0.15) is 5.54 Å². The van der Waals surface area contributed by atoms with E-state index in [9.17, 15) is 9.59 Å². The Balaban J connectivity index is 2.71. The first kappa shape index (κ1) is 14.9. The lowest BCUT2D eigenvalue weighted by molar-refractivity contribution is -0.143. The summed E-state index contributed by atoms with van der Waals surface area (Å²) in [5, 5.41) is 0. The van der Waals surface area contributed by atoms with Gasteiger partial charge in [0.25, 0.3) is 0 Å². The Morgan fingerprint density at radius 2 is 2.06 bits per heavy atom. The molecule has 1 saturated heterocycles. The quantitative estimate of drug-likeness (QED) is 0.715. The molecule has 0 aromatic rings. The van der Waals surface area contributed by atoms with Crippen LogP contribution >= 0.6 is 0 Å². The second-order valence-corrected chi connectivity index (χ2v) is 4.97. The van der Waals surface area contributed by atoms with Gasteiger partial charge in [0.05, 0.1) is 13.2 Å². The second kappa shape index (κ2) is 6.15. The average Bonchev–Trinajstić information content (AvgIpc) is 2.75. The van der Waals surface area contributed by atoms with Gasteiger partial charge in [-0.25, -0.2) is 0 Å². The molecular formula is C12H23N3O3. The molecule has 0 aromatic heterocycles. The molecule has 1 aliphatic rings. The van der Waals surface area contributed by atoms with Crippen LogP contribution in [0.5, 0.6) is 0 Å². The number of ether oxygens (including phenoxy) is 1. The highest BCUT2D eigenvalue weighted by Crippen LogP contribution is 2.18. The Labute approximate surface area is 108 Å². The van der Waals surface area contributed by atoms with Crippen LogP contribution in [0.1, 0.15) is 19.8 Å². The van der Waals surface area contributed by atoms with E-state index in [1.807, 2.05) is 6.92 Å². The summed E-state index contributed by atoms with van der Waals surface area (Å²) in [6, 6.07) is 0. The van der Waals surface area contributed by atoms with Gasteiger partial charge in [0.2, 0.25) is 11.8 Å². The molecule has 0 radical (unpaired) electrons. The molecule has 6 heteroatoms. The van der Waals surface area contributed by atoms with E-state index in [0.29, 0.717) is 19.6 Å². The van der Waals surface area contributed by atoms with E-state index in [0.717, 1.165) is 6.42 Å². The maximum Gasteiger partial charge on any atom is 0.245 e. The van der Waals surface area contributed by atoms with E-state index >= 15 is 0 Å².